The largest absolute Gasteiger partial charge is 0.491 e. The van der Waals surface area contributed by atoms with Crippen molar-refractivity contribution in [2.45, 2.75) is 38.8 Å². The van der Waals surface area contributed by atoms with Crippen LogP contribution < -0.4 is 10.3 Å². The molecule has 1 fully saturated rings. The molecular weight excluding hydrogens is 456 g/mol. The Morgan fingerprint density at radius 3 is 2.67 bits per heavy atom. The molecule has 4 heterocycles. The van der Waals surface area contributed by atoms with E-state index in [1.807, 2.05) is 24.4 Å². The number of hydrogen-bond acceptors (Lipinski definition) is 7. The summed E-state index contributed by atoms with van der Waals surface area (Å²) in [5, 5.41) is 1.14. The standard InChI is InChI=1S/C28H34N4O4/c1-35-28(34)27-24-10-14-31(20-21-9-11-29-23-8-4-3-7-22(21)23)15-16-32(24)26(33)19-25(27)36-18-17-30-12-5-2-6-13-30/h3-4,7-9,11,19H,2,5-6,10,12-18,20H2,1H3. The van der Waals surface area contributed by atoms with Crippen LogP contribution in [0.1, 0.15) is 40.9 Å². The third-order valence-corrected chi connectivity index (χ3v) is 7.32. The van der Waals surface area contributed by atoms with Crippen molar-refractivity contribution < 1.29 is 14.3 Å². The summed E-state index contributed by atoms with van der Waals surface area (Å²) in [6.45, 7) is 6.05. The summed E-state index contributed by atoms with van der Waals surface area (Å²) in [6, 6.07) is 11.7. The van der Waals surface area contributed by atoms with Crippen LogP contribution in [0.15, 0.2) is 47.4 Å². The normalized spacial score (nSPS) is 16.9. The van der Waals surface area contributed by atoms with Crippen molar-refractivity contribution in [1.82, 2.24) is 19.4 Å². The maximum absolute atomic E-state index is 13.1. The molecular formula is C28H34N4O4. The Kier molecular flexibility index (Phi) is 7.63. The van der Waals surface area contributed by atoms with E-state index in [4.69, 9.17) is 9.47 Å². The average Bonchev–Trinajstić information content (AvgIpc) is 3.12. The fraction of sp³-hybridized carbons (Fsp3) is 0.464. The molecule has 0 aliphatic carbocycles. The van der Waals surface area contributed by atoms with Gasteiger partial charge in [0.2, 0.25) is 0 Å². The van der Waals surface area contributed by atoms with Gasteiger partial charge in [0.15, 0.2) is 0 Å². The fourth-order valence-electron chi connectivity index (χ4n) is 5.39. The first-order chi connectivity index (χ1) is 17.6. The van der Waals surface area contributed by atoms with Gasteiger partial charge in [0.25, 0.3) is 5.56 Å². The number of nitrogens with zero attached hydrogens (tertiary/aromatic N) is 4. The lowest BCUT2D eigenvalue weighted by Gasteiger charge is -2.26. The van der Waals surface area contributed by atoms with Crippen LogP contribution in [0.25, 0.3) is 10.9 Å². The van der Waals surface area contributed by atoms with E-state index >= 15 is 0 Å². The van der Waals surface area contributed by atoms with Crippen LogP contribution in [0.5, 0.6) is 5.75 Å². The number of piperidine rings is 1. The van der Waals surface area contributed by atoms with Gasteiger partial charge in [0.1, 0.15) is 17.9 Å². The van der Waals surface area contributed by atoms with Crippen molar-refractivity contribution in [3.63, 3.8) is 0 Å². The van der Waals surface area contributed by atoms with Crippen LogP contribution in [0.2, 0.25) is 0 Å². The summed E-state index contributed by atoms with van der Waals surface area (Å²) in [5.74, 6) is -0.121. The van der Waals surface area contributed by atoms with Gasteiger partial charge in [-0.2, -0.15) is 0 Å². The van der Waals surface area contributed by atoms with Crippen molar-refractivity contribution in [2.24, 2.45) is 0 Å². The van der Waals surface area contributed by atoms with Crippen molar-refractivity contribution >= 4 is 16.9 Å². The van der Waals surface area contributed by atoms with Gasteiger partial charge in [0, 0.05) is 62.5 Å². The minimum absolute atomic E-state index is 0.137. The van der Waals surface area contributed by atoms with E-state index in [2.05, 4.69) is 26.9 Å². The Balaban J connectivity index is 1.35. The van der Waals surface area contributed by atoms with Gasteiger partial charge in [-0.05, 0) is 43.6 Å². The third kappa shape index (κ3) is 5.29. The van der Waals surface area contributed by atoms with Crippen LogP contribution in [-0.2, 0) is 24.2 Å². The lowest BCUT2D eigenvalue weighted by molar-refractivity contribution is 0.0592. The number of likely N-dealkylation sites (tertiary alicyclic amines) is 1. The highest BCUT2D eigenvalue weighted by Crippen LogP contribution is 2.25. The van der Waals surface area contributed by atoms with E-state index in [0.717, 1.165) is 43.6 Å². The maximum Gasteiger partial charge on any atom is 0.343 e. The molecule has 8 nitrogen and oxygen atoms in total. The number of esters is 1. The van der Waals surface area contributed by atoms with Gasteiger partial charge in [0.05, 0.1) is 12.6 Å². The Hall–Kier alpha value is -3.23. The van der Waals surface area contributed by atoms with Crippen LogP contribution >= 0.6 is 0 Å². The molecule has 3 aromatic rings. The minimum atomic E-state index is -0.458. The third-order valence-electron chi connectivity index (χ3n) is 7.32. The zero-order chi connectivity index (χ0) is 24.9. The summed E-state index contributed by atoms with van der Waals surface area (Å²) in [4.78, 5) is 35.1. The zero-order valence-electron chi connectivity index (χ0n) is 20.9. The van der Waals surface area contributed by atoms with Gasteiger partial charge in [-0.3, -0.25) is 19.6 Å². The van der Waals surface area contributed by atoms with E-state index in [1.165, 1.54) is 38.0 Å². The number of ether oxygens (including phenoxy) is 2. The van der Waals surface area contributed by atoms with Gasteiger partial charge in [-0.1, -0.05) is 24.6 Å². The number of para-hydroxylation sites is 1. The maximum atomic E-state index is 13.1. The molecule has 0 atom stereocenters. The smallest absolute Gasteiger partial charge is 0.343 e. The number of aromatic nitrogens is 2. The second-order valence-corrected chi connectivity index (χ2v) is 9.58. The first-order valence-corrected chi connectivity index (χ1v) is 12.9. The molecule has 0 radical (unpaired) electrons. The summed E-state index contributed by atoms with van der Waals surface area (Å²) < 4.78 is 12.9. The summed E-state index contributed by atoms with van der Waals surface area (Å²) in [7, 11) is 1.37. The van der Waals surface area contributed by atoms with Crippen LogP contribution in [0, 0.1) is 0 Å². The highest BCUT2D eigenvalue weighted by atomic mass is 16.5. The molecule has 1 aromatic carbocycles. The summed E-state index contributed by atoms with van der Waals surface area (Å²) in [6.07, 6.45) is 6.10. The summed E-state index contributed by atoms with van der Waals surface area (Å²) in [5.41, 5.74) is 3.12. The van der Waals surface area contributed by atoms with E-state index in [9.17, 15) is 9.59 Å². The minimum Gasteiger partial charge on any atom is -0.491 e. The van der Waals surface area contributed by atoms with E-state index in [0.29, 0.717) is 43.1 Å². The molecule has 36 heavy (non-hydrogen) atoms. The Labute approximate surface area is 211 Å². The molecule has 190 valence electrons. The quantitative estimate of drug-likeness (QED) is 0.471. The number of rotatable bonds is 7. The molecule has 0 spiro atoms. The molecule has 0 saturated carbocycles. The second kappa shape index (κ2) is 11.2. The number of carbonyl (C=O) groups is 1. The van der Waals surface area contributed by atoms with Crippen molar-refractivity contribution in [3.05, 3.63) is 69.8 Å². The number of hydrogen-bond donors (Lipinski definition) is 0. The van der Waals surface area contributed by atoms with Gasteiger partial charge < -0.3 is 14.0 Å². The van der Waals surface area contributed by atoms with Gasteiger partial charge in [-0.15, -0.1) is 0 Å². The van der Waals surface area contributed by atoms with Crippen LogP contribution in [0.4, 0.5) is 0 Å². The molecule has 0 amide bonds. The van der Waals surface area contributed by atoms with Crippen LogP contribution in [0.3, 0.4) is 0 Å². The fourth-order valence-corrected chi connectivity index (χ4v) is 5.39. The molecule has 0 N–H and O–H groups in total. The summed E-state index contributed by atoms with van der Waals surface area (Å²) >= 11 is 0. The Morgan fingerprint density at radius 1 is 1.00 bits per heavy atom. The monoisotopic (exact) mass is 490 g/mol. The molecule has 1 saturated heterocycles. The Morgan fingerprint density at radius 2 is 1.83 bits per heavy atom. The lowest BCUT2D eigenvalue weighted by atomic mass is 10.1. The lowest BCUT2D eigenvalue weighted by Crippen LogP contribution is -2.34. The molecule has 2 aromatic heterocycles. The molecule has 5 rings (SSSR count). The van der Waals surface area contributed by atoms with E-state index in [-0.39, 0.29) is 5.56 Å². The van der Waals surface area contributed by atoms with Gasteiger partial charge in [-0.25, -0.2) is 4.79 Å². The number of methoxy groups -OCH3 is 1. The first-order valence-electron chi connectivity index (χ1n) is 12.9. The number of fused-ring (bicyclic) bond motifs is 2. The van der Waals surface area contributed by atoms with Gasteiger partial charge >= 0.3 is 5.97 Å². The zero-order valence-corrected chi connectivity index (χ0v) is 20.9. The molecule has 2 aliphatic rings. The molecule has 0 unspecified atom stereocenters. The highest BCUT2D eigenvalue weighted by Gasteiger charge is 2.26. The SMILES string of the molecule is COC(=O)c1c(OCCN2CCCCC2)cc(=O)n2c1CCN(Cc1ccnc3ccccc13)CC2. The first kappa shape index (κ1) is 24.5. The Bertz CT molecular complexity index is 1280. The molecule has 2 aliphatic heterocycles. The van der Waals surface area contributed by atoms with Crippen molar-refractivity contribution in [1.29, 1.82) is 0 Å². The van der Waals surface area contributed by atoms with Crippen molar-refractivity contribution in [3.8, 4) is 5.75 Å². The topological polar surface area (TPSA) is 76.9 Å². The van der Waals surface area contributed by atoms with Crippen LogP contribution in [-0.4, -0.2) is 71.8 Å². The predicted molar refractivity (Wildman–Crippen MR) is 139 cm³/mol. The number of carbonyl (C=O) groups excluding carboxylic acids is 1. The average molecular weight is 491 g/mol. The van der Waals surface area contributed by atoms with Crippen molar-refractivity contribution in [2.75, 3.05) is 46.4 Å². The predicted octanol–water partition coefficient (Wildman–Crippen LogP) is 3.11. The highest BCUT2D eigenvalue weighted by molar-refractivity contribution is 5.93. The van der Waals surface area contributed by atoms with E-state index < -0.39 is 5.97 Å². The second-order valence-electron chi connectivity index (χ2n) is 9.58. The number of pyridine rings is 2. The van der Waals surface area contributed by atoms with E-state index in [1.54, 1.807) is 4.57 Å². The number of benzene rings is 1. The molecule has 8 heteroatoms. The molecule has 0 bridgehead atoms.